The topological polar surface area (TPSA) is 40.0 Å². The molecule has 2 aliphatic heterocycles. The first-order valence-corrected chi connectivity index (χ1v) is 7.51. The molecular weight excluding hydrogens is 278 g/mol. The van der Waals surface area contributed by atoms with Crippen LogP contribution in [-0.2, 0) is 12.8 Å². The Morgan fingerprint density at radius 3 is 2.95 bits per heavy atom. The summed E-state index contributed by atoms with van der Waals surface area (Å²) >= 11 is 0. The van der Waals surface area contributed by atoms with Crippen LogP contribution < -0.4 is 14.2 Å². The number of nitrogens with zero attached hydrogens (tertiary/aromatic N) is 1. The average Bonchev–Trinajstić information content (AvgIpc) is 3.02. The normalized spacial score (nSPS) is 16.7. The van der Waals surface area contributed by atoms with Crippen molar-refractivity contribution in [3.8, 4) is 28.4 Å². The van der Waals surface area contributed by atoms with Gasteiger partial charge in [-0.2, -0.15) is 0 Å². The Hall–Kier alpha value is -2.49. The quantitative estimate of drug-likeness (QED) is 0.811. The van der Waals surface area contributed by atoms with E-state index < -0.39 is 0 Å². The largest absolute Gasteiger partial charge is 0.497 e. The van der Waals surface area contributed by atoms with E-state index in [4.69, 9.17) is 19.2 Å². The summed E-state index contributed by atoms with van der Waals surface area (Å²) in [5.74, 6) is 2.56. The smallest absolute Gasteiger partial charge is 0.231 e. The maximum Gasteiger partial charge on any atom is 0.231 e. The Morgan fingerprint density at radius 1 is 1.09 bits per heavy atom. The number of aliphatic imine (C=N–C) groups is 1. The van der Waals surface area contributed by atoms with Gasteiger partial charge in [0.1, 0.15) is 5.75 Å². The summed E-state index contributed by atoms with van der Waals surface area (Å²) < 4.78 is 16.8. The summed E-state index contributed by atoms with van der Waals surface area (Å²) in [4.78, 5) is 4.76. The average molecular weight is 293 g/mol. The van der Waals surface area contributed by atoms with Gasteiger partial charge in [0.2, 0.25) is 6.79 Å². The standard InChI is InChI=1S/C18H15NO3/c1-20-12-3-2-10-6-14-16-11(4-5-19-14)7-15-18(22-9-21-15)17(16)13(10)8-12/h2-3,7-8H,4-6,9H2,1H3. The van der Waals surface area contributed by atoms with Crippen LogP contribution in [0.4, 0.5) is 0 Å². The Kier molecular flexibility index (Phi) is 2.34. The summed E-state index contributed by atoms with van der Waals surface area (Å²) in [6.45, 7) is 1.14. The van der Waals surface area contributed by atoms with Gasteiger partial charge in [-0.25, -0.2) is 0 Å². The minimum atomic E-state index is 0.289. The van der Waals surface area contributed by atoms with E-state index in [2.05, 4.69) is 18.2 Å². The van der Waals surface area contributed by atoms with Crippen molar-refractivity contribution >= 4 is 5.71 Å². The highest BCUT2D eigenvalue weighted by Crippen LogP contribution is 2.50. The molecule has 5 rings (SSSR count). The first-order chi connectivity index (χ1) is 10.8. The Bertz CT molecular complexity index is 839. The van der Waals surface area contributed by atoms with Gasteiger partial charge < -0.3 is 14.2 Å². The van der Waals surface area contributed by atoms with Gasteiger partial charge in [-0.1, -0.05) is 6.07 Å². The van der Waals surface area contributed by atoms with E-state index in [1.54, 1.807) is 7.11 Å². The van der Waals surface area contributed by atoms with E-state index in [0.717, 1.165) is 42.2 Å². The van der Waals surface area contributed by atoms with E-state index in [9.17, 15) is 0 Å². The lowest BCUT2D eigenvalue weighted by atomic mass is 9.79. The molecule has 1 aliphatic carbocycles. The minimum absolute atomic E-state index is 0.289. The maximum absolute atomic E-state index is 5.78. The summed E-state index contributed by atoms with van der Waals surface area (Å²) in [5.41, 5.74) is 7.31. The molecule has 0 unspecified atom stereocenters. The zero-order valence-electron chi connectivity index (χ0n) is 12.3. The lowest BCUT2D eigenvalue weighted by molar-refractivity contribution is 0.174. The van der Waals surface area contributed by atoms with Crippen LogP contribution in [0.5, 0.6) is 17.2 Å². The van der Waals surface area contributed by atoms with Crippen LogP contribution in [0.2, 0.25) is 0 Å². The van der Waals surface area contributed by atoms with Crippen LogP contribution in [0.15, 0.2) is 29.3 Å². The fourth-order valence-electron chi connectivity index (χ4n) is 3.66. The third-order valence-electron chi connectivity index (χ3n) is 4.66. The predicted octanol–water partition coefficient (Wildman–Crippen LogP) is 2.99. The number of benzene rings is 2. The monoisotopic (exact) mass is 293 g/mol. The van der Waals surface area contributed by atoms with E-state index >= 15 is 0 Å². The summed E-state index contributed by atoms with van der Waals surface area (Å²) in [5, 5.41) is 0. The molecule has 110 valence electrons. The van der Waals surface area contributed by atoms with Crippen molar-refractivity contribution < 1.29 is 14.2 Å². The molecule has 3 aliphatic rings. The SMILES string of the molecule is COc1ccc2c(c1)-c1c3c(cc4c1C(=NCC4)C2)OCO3. The van der Waals surface area contributed by atoms with E-state index in [-0.39, 0.29) is 6.79 Å². The first kappa shape index (κ1) is 12.1. The van der Waals surface area contributed by atoms with Crippen molar-refractivity contribution in [2.24, 2.45) is 4.99 Å². The molecular formula is C18H15NO3. The zero-order valence-corrected chi connectivity index (χ0v) is 12.3. The molecule has 2 aromatic carbocycles. The van der Waals surface area contributed by atoms with Crippen molar-refractivity contribution in [2.45, 2.75) is 12.8 Å². The second kappa shape index (κ2) is 4.26. The van der Waals surface area contributed by atoms with Gasteiger partial charge in [0.15, 0.2) is 11.5 Å². The lowest BCUT2D eigenvalue weighted by Gasteiger charge is -2.28. The fourth-order valence-corrected chi connectivity index (χ4v) is 3.66. The van der Waals surface area contributed by atoms with Crippen LogP contribution in [-0.4, -0.2) is 26.2 Å². The molecule has 0 aromatic heterocycles. The van der Waals surface area contributed by atoms with Crippen LogP contribution in [0.1, 0.15) is 16.7 Å². The van der Waals surface area contributed by atoms with Gasteiger partial charge in [-0.3, -0.25) is 4.99 Å². The molecule has 0 saturated carbocycles. The predicted molar refractivity (Wildman–Crippen MR) is 83.4 cm³/mol. The molecule has 4 heteroatoms. The number of fused-ring (bicyclic) bond motifs is 4. The van der Waals surface area contributed by atoms with Crippen LogP contribution in [0.3, 0.4) is 0 Å². The van der Waals surface area contributed by atoms with Crippen molar-refractivity contribution in [2.75, 3.05) is 20.4 Å². The minimum Gasteiger partial charge on any atom is -0.497 e. The molecule has 4 nitrogen and oxygen atoms in total. The number of methoxy groups -OCH3 is 1. The molecule has 0 fully saturated rings. The molecule has 0 N–H and O–H groups in total. The van der Waals surface area contributed by atoms with Gasteiger partial charge >= 0.3 is 0 Å². The molecule has 2 aromatic rings. The molecule has 0 bridgehead atoms. The number of rotatable bonds is 1. The highest BCUT2D eigenvalue weighted by atomic mass is 16.7. The fraction of sp³-hybridized carbons (Fsp3) is 0.278. The third-order valence-corrected chi connectivity index (χ3v) is 4.66. The Labute approximate surface area is 128 Å². The van der Waals surface area contributed by atoms with Crippen molar-refractivity contribution in [3.05, 3.63) is 41.0 Å². The second-order valence-corrected chi connectivity index (χ2v) is 5.80. The number of hydrogen-bond donors (Lipinski definition) is 0. The van der Waals surface area contributed by atoms with Gasteiger partial charge in [0.05, 0.1) is 7.11 Å². The van der Waals surface area contributed by atoms with E-state index in [1.807, 2.05) is 6.07 Å². The first-order valence-electron chi connectivity index (χ1n) is 7.51. The molecule has 0 atom stereocenters. The van der Waals surface area contributed by atoms with Gasteiger partial charge in [-0.05, 0) is 41.3 Å². The summed E-state index contributed by atoms with van der Waals surface area (Å²) in [6.07, 6.45) is 1.83. The summed E-state index contributed by atoms with van der Waals surface area (Å²) in [7, 11) is 1.70. The highest BCUT2D eigenvalue weighted by Gasteiger charge is 2.33. The van der Waals surface area contributed by atoms with Crippen LogP contribution in [0.25, 0.3) is 11.1 Å². The van der Waals surface area contributed by atoms with E-state index in [1.165, 1.54) is 28.0 Å². The Balaban J connectivity index is 1.88. The van der Waals surface area contributed by atoms with Gasteiger partial charge in [0, 0.05) is 29.8 Å². The third kappa shape index (κ3) is 1.49. The zero-order chi connectivity index (χ0) is 14.7. The Morgan fingerprint density at radius 2 is 2.05 bits per heavy atom. The number of hydrogen-bond acceptors (Lipinski definition) is 4. The second-order valence-electron chi connectivity index (χ2n) is 5.80. The lowest BCUT2D eigenvalue weighted by Crippen LogP contribution is -2.21. The molecule has 0 radical (unpaired) electrons. The van der Waals surface area contributed by atoms with Crippen LogP contribution in [0, 0.1) is 0 Å². The molecule has 2 heterocycles. The molecule has 0 saturated heterocycles. The van der Waals surface area contributed by atoms with Crippen molar-refractivity contribution in [1.29, 1.82) is 0 Å². The molecule has 0 amide bonds. The van der Waals surface area contributed by atoms with Gasteiger partial charge in [-0.15, -0.1) is 0 Å². The van der Waals surface area contributed by atoms with E-state index in [0.29, 0.717) is 0 Å². The van der Waals surface area contributed by atoms with Gasteiger partial charge in [0.25, 0.3) is 0 Å². The molecule has 0 spiro atoms. The van der Waals surface area contributed by atoms with Crippen molar-refractivity contribution in [3.63, 3.8) is 0 Å². The molecule has 22 heavy (non-hydrogen) atoms. The van der Waals surface area contributed by atoms with Crippen molar-refractivity contribution in [1.82, 2.24) is 0 Å². The summed E-state index contributed by atoms with van der Waals surface area (Å²) in [6, 6.07) is 8.36. The number of ether oxygens (including phenoxy) is 3. The maximum atomic E-state index is 5.78. The highest BCUT2D eigenvalue weighted by molar-refractivity contribution is 6.14. The van der Waals surface area contributed by atoms with Crippen LogP contribution >= 0.6 is 0 Å².